The number of fused-ring (bicyclic) bond motifs is 12. The monoisotopic (exact) mass is 945 g/mol. The van der Waals surface area contributed by atoms with E-state index in [0.717, 1.165) is 67.8 Å². The maximum Gasteiger partial charge on any atom is 0.182 e. The summed E-state index contributed by atoms with van der Waals surface area (Å²) in [4.78, 5) is 35.4. The second-order valence-electron chi connectivity index (χ2n) is 17.6. The van der Waals surface area contributed by atoms with E-state index in [1.54, 1.807) is 0 Å². The van der Waals surface area contributed by atoms with Crippen LogP contribution in [-0.2, 0) is 5.41 Å². The van der Waals surface area contributed by atoms with Gasteiger partial charge in [0.15, 0.2) is 17.5 Å². The van der Waals surface area contributed by atoms with E-state index in [-0.39, 0.29) is 0 Å². The van der Waals surface area contributed by atoms with Crippen LogP contribution >= 0.6 is 23.5 Å². The number of aromatic nitrogens is 5. The quantitative estimate of drug-likeness (QED) is 0.155. The highest BCUT2D eigenvalue weighted by Crippen LogP contribution is 2.65. The Morgan fingerprint density at radius 3 is 1.66 bits per heavy atom. The molecule has 1 atom stereocenters. The van der Waals surface area contributed by atoms with Crippen molar-refractivity contribution in [3.8, 4) is 45.7 Å². The second-order valence-corrected chi connectivity index (χ2v) is 19.7. The zero-order chi connectivity index (χ0) is 46.9. The molecule has 8 aromatic carbocycles. The Balaban J connectivity index is 0.956. The number of hydrogen-bond donors (Lipinski definition) is 0. The zero-order valence-corrected chi connectivity index (χ0v) is 39.6. The van der Waals surface area contributed by atoms with Gasteiger partial charge in [-0.15, -0.1) is 0 Å². The van der Waals surface area contributed by atoms with E-state index in [9.17, 15) is 0 Å². The lowest BCUT2D eigenvalue weighted by atomic mass is 9.67. The van der Waals surface area contributed by atoms with Crippen molar-refractivity contribution in [3.63, 3.8) is 0 Å². The highest BCUT2D eigenvalue weighted by atomic mass is 32.2. The number of benzene rings is 8. The van der Waals surface area contributed by atoms with Crippen LogP contribution in [0.1, 0.15) is 22.3 Å². The standard InChI is InChI=1S/C62H39N7S2/c1-5-19-40(20-6-1)59-65-60(41-21-7-2-8-22-41)67-61(66-59)50-36-34-48-56(64-50)55-47(30-18-38-63-55)62(48)46-29-13-15-32-53(46)70-57-49(62)35-37-52-58(57)71-54-33-16-14-31-51(54)69(52)45-28-17-27-44(39-45)68(42-23-9-3-10-24-42)43-25-11-4-12-26-43/h1-39H. The van der Waals surface area contributed by atoms with Gasteiger partial charge in [-0.3, -0.25) is 4.98 Å². The molecule has 1 spiro atoms. The van der Waals surface area contributed by atoms with Crippen molar-refractivity contribution in [1.82, 2.24) is 24.9 Å². The predicted octanol–water partition coefficient (Wildman–Crippen LogP) is 15.9. The van der Waals surface area contributed by atoms with E-state index in [1.165, 1.54) is 30.7 Å². The molecule has 9 heteroatoms. The minimum atomic E-state index is -0.714. The van der Waals surface area contributed by atoms with Crippen LogP contribution in [0, 0.1) is 0 Å². The lowest BCUT2D eigenvalue weighted by Crippen LogP contribution is -2.32. The number of para-hydroxylation sites is 3. The molecule has 0 fully saturated rings. The van der Waals surface area contributed by atoms with E-state index < -0.39 is 5.41 Å². The Morgan fingerprint density at radius 1 is 0.380 bits per heavy atom. The molecule has 0 bridgehead atoms. The summed E-state index contributed by atoms with van der Waals surface area (Å²) in [6.07, 6.45) is 1.88. The molecule has 1 aliphatic carbocycles. The molecule has 0 saturated heterocycles. The van der Waals surface area contributed by atoms with Crippen LogP contribution in [0.3, 0.4) is 0 Å². The zero-order valence-electron chi connectivity index (χ0n) is 38.0. The van der Waals surface area contributed by atoms with Gasteiger partial charge in [-0.1, -0.05) is 175 Å². The van der Waals surface area contributed by atoms with E-state index >= 15 is 0 Å². The summed E-state index contributed by atoms with van der Waals surface area (Å²) in [6, 6.07) is 81.2. The highest BCUT2D eigenvalue weighted by Gasteiger charge is 2.52. The number of rotatable bonds is 7. The summed E-state index contributed by atoms with van der Waals surface area (Å²) >= 11 is 3.71. The maximum absolute atomic E-state index is 5.53. The lowest BCUT2D eigenvalue weighted by molar-refractivity contribution is 0.711. The van der Waals surface area contributed by atoms with Crippen LogP contribution in [0.2, 0.25) is 0 Å². The average molecular weight is 946 g/mol. The van der Waals surface area contributed by atoms with Crippen molar-refractivity contribution >= 4 is 57.6 Å². The molecule has 7 nitrogen and oxygen atoms in total. The van der Waals surface area contributed by atoms with Crippen molar-refractivity contribution in [2.24, 2.45) is 0 Å². The average Bonchev–Trinajstić information content (AvgIpc) is 3.74. The summed E-state index contributed by atoms with van der Waals surface area (Å²) in [6.45, 7) is 0. The predicted molar refractivity (Wildman–Crippen MR) is 287 cm³/mol. The normalized spacial score (nSPS) is 14.7. The minimum Gasteiger partial charge on any atom is -0.310 e. The van der Waals surface area contributed by atoms with Crippen molar-refractivity contribution in [1.29, 1.82) is 0 Å². The van der Waals surface area contributed by atoms with E-state index in [0.29, 0.717) is 23.2 Å². The van der Waals surface area contributed by atoms with Gasteiger partial charge >= 0.3 is 0 Å². The third-order valence-corrected chi connectivity index (χ3v) is 16.1. The molecular weight excluding hydrogens is 907 g/mol. The molecule has 71 heavy (non-hydrogen) atoms. The summed E-state index contributed by atoms with van der Waals surface area (Å²) < 4.78 is 0. The molecule has 14 rings (SSSR count). The van der Waals surface area contributed by atoms with Crippen molar-refractivity contribution in [3.05, 3.63) is 259 Å². The molecule has 334 valence electrons. The maximum atomic E-state index is 5.53. The smallest absolute Gasteiger partial charge is 0.182 e. The molecule has 0 radical (unpaired) electrons. The Hall–Kier alpha value is -8.63. The van der Waals surface area contributed by atoms with Gasteiger partial charge in [-0.05, 0) is 101 Å². The number of anilines is 6. The third-order valence-electron chi connectivity index (χ3n) is 13.6. The molecular formula is C62H39N7S2. The fraction of sp³-hybridized carbons (Fsp3) is 0.0161. The SMILES string of the molecule is c1ccc(-c2nc(-c3ccccc3)nc(-c3ccc4c(n3)-c3ncccc3C43c4ccccc4Sc4c3ccc3c4Sc4ccccc4N3c3cccc(N(c4ccccc4)c4ccccc4)c3)n2)cc1. The molecule has 0 saturated carbocycles. The third kappa shape index (κ3) is 6.65. The number of pyridine rings is 2. The molecule has 0 amide bonds. The molecule has 3 aromatic heterocycles. The van der Waals surface area contributed by atoms with Crippen LogP contribution in [0.4, 0.5) is 34.1 Å². The minimum absolute atomic E-state index is 0.503. The van der Waals surface area contributed by atoms with Crippen LogP contribution < -0.4 is 9.80 Å². The first-order chi connectivity index (χ1) is 35.2. The second kappa shape index (κ2) is 16.8. The Bertz CT molecular complexity index is 3760. The number of nitrogens with zero attached hydrogens (tertiary/aromatic N) is 7. The van der Waals surface area contributed by atoms with Crippen LogP contribution in [0.25, 0.3) is 45.7 Å². The lowest BCUT2D eigenvalue weighted by Gasteiger charge is -2.42. The van der Waals surface area contributed by atoms with Crippen molar-refractivity contribution in [2.45, 2.75) is 25.0 Å². The Kier molecular flexibility index (Phi) is 9.79. The highest BCUT2D eigenvalue weighted by molar-refractivity contribution is 8.02. The molecule has 11 aromatic rings. The molecule has 5 heterocycles. The van der Waals surface area contributed by atoms with Crippen molar-refractivity contribution in [2.75, 3.05) is 9.80 Å². The van der Waals surface area contributed by atoms with Crippen LogP contribution in [-0.4, -0.2) is 24.9 Å². The summed E-state index contributed by atoms with van der Waals surface area (Å²) in [5, 5.41) is 0. The fourth-order valence-electron chi connectivity index (χ4n) is 10.6. The van der Waals surface area contributed by atoms with Gasteiger partial charge < -0.3 is 9.80 Å². The van der Waals surface area contributed by atoms with Gasteiger partial charge in [0, 0.05) is 54.8 Å². The largest absolute Gasteiger partial charge is 0.310 e. The van der Waals surface area contributed by atoms with E-state index in [1.807, 2.05) is 90.4 Å². The first-order valence-electron chi connectivity index (χ1n) is 23.6. The molecule has 3 aliphatic rings. The van der Waals surface area contributed by atoms with Crippen LogP contribution in [0.15, 0.2) is 256 Å². The van der Waals surface area contributed by atoms with E-state index in [4.69, 9.17) is 24.9 Å². The molecule has 2 aliphatic heterocycles. The summed E-state index contributed by atoms with van der Waals surface area (Å²) in [5.74, 6) is 1.68. The number of hydrogen-bond acceptors (Lipinski definition) is 9. The van der Waals surface area contributed by atoms with Gasteiger partial charge in [-0.2, -0.15) is 0 Å². The Morgan fingerprint density at radius 2 is 0.944 bits per heavy atom. The van der Waals surface area contributed by atoms with Gasteiger partial charge in [0.25, 0.3) is 0 Å². The summed E-state index contributed by atoms with van der Waals surface area (Å²) in [5.41, 5.74) is 14.6. The Labute approximate surface area is 419 Å². The van der Waals surface area contributed by atoms with Gasteiger partial charge in [0.2, 0.25) is 0 Å². The van der Waals surface area contributed by atoms with Crippen LogP contribution in [0.5, 0.6) is 0 Å². The van der Waals surface area contributed by atoms with Crippen molar-refractivity contribution < 1.29 is 0 Å². The fourth-order valence-corrected chi connectivity index (χ4v) is 13.1. The molecule has 0 N–H and O–H groups in total. The van der Waals surface area contributed by atoms with Gasteiger partial charge in [-0.25, -0.2) is 19.9 Å². The summed E-state index contributed by atoms with van der Waals surface area (Å²) in [7, 11) is 0. The first-order valence-corrected chi connectivity index (χ1v) is 25.2. The van der Waals surface area contributed by atoms with E-state index in [2.05, 4.69) is 180 Å². The molecule has 1 unspecified atom stereocenters. The van der Waals surface area contributed by atoms with Gasteiger partial charge in [0.1, 0.15) is 5.69 Å². The topological polar surface area (TPSA) is 70.9 Å². The first kappa shape index (κ1) is 41.4. The van der Waals surface area contributed by atoms with Gasteiger partial charge in [0.05, 0.1) is 33.1 Å².